The molecule has 0 radical (unpaired) electrons. The SMILES string of the molecule is C[C@H](O)c1cccc2c1OC(F)(F)C(=O)N2Cc1nc2cccc(F)c2c(=O)n1C. The first kappa shape index (κ1) is 19.9. The quantitative estimate of drug-likeness (QED) is 0.706. The van der Waals surface area contributed by atoms with Crippen molar-refractivity contribution < 1.29 is 27.8 Å². The van der Waals surface area contributed by atoms with E-state index in [0.717, 1.165) is 15.5 Å². The molecule has 7 nitrogen and oxygen atoms in total. The lowest BCUT2D eigenvalue weighted by Gasteiger charge is -2.34. The highest BCUT2D eigenvalue weighted by Crippen LogP contribution is 2.44. The zero-order chi connectivity index (χ0) is 21.8. The maximum atomic E-state index is 14.3. The summed E-state index contributed by atoms with van der Waals surface area (Å²) >= 11 is 0. The molecule has 0 saturated carbocycles. The van der Waals surface area contributed by atoms with E-state index in [2.05, 4.69) is 9.72 Å². The number of aliphatic hydroxyl groups excluding tert-OH is 1. The fourth-order valence-corrected chi connectivity index (χ4v) is 3.39. The van der Waals surface area contributed by atoms with Crippen LogP contribution in [0.3, 0.4) is 0 Å². The van der Waals surface area contributed by atoms with Crippen molar-refractivity contribution in [3.8, 4) is 5.75 Å². The number of benzene rings is 2. The molecule has 156 valence electrons. The molecule has 2 heterocycles. The Morgan fingerprint density at radius 3 is 2.60 bits per heavy atom. The molecule has 1 N–H and O–H groups in total. The average Bonchev–Trinajstić information content (AvgIpc) is 2.68. The highest BCUT2D eigenvalue weighted by atomic mass is 19.3. The van der Waals surface area contributed by atoms with Crippen molar-refractivity contribution in [3.63, 3.8) is 0 Å². The Labute approximate surface area is 167 Å². The number of aliphatic hydroxyl groups is 1. The van der Waals surface area contributed by atoms with E-state index in [-0.39, 0.29) is 33.7 Å². The van der Waals surface area contributed by atoms with Crippen LogP contribution in [0, 0.1) is 5.82 Å². The van der Waals surface area contributed by atoms with Crippen LogP contribution in [0.1, 0.15) is 24.4 Å². The van der Waals surface area contributed by atoms with Gasteiger partial charge >= 0.3 is 12.0 Å². The molecule has 3 aromatic rings. The summed E-state index contributed by atoms with van der Waals surface area (Å²) in [6, 6.07) is 8.17. The molecule has 1 amide bonds. The van der Waals surface area contributed by atoms with Crippen LogP contribution in [0.2, 0.25) is 0 Å². The zero-order valence-electron chi connectivity index (χ0n) is 15.9. The number of halogens is 3. The van der Waals surface area contributed by atoms with Crippen molar-refractivity contribution in [2.24, 2.45) is 7.05 Å². The third-order valence-corrected chi connectivity index (χ3v) is 4.94. The molecule has 1 atom stereocenters. The van der Waals surface area contributed by atoms with E-state index in [9.17, 15) is 27.9 Å². The molecule has 0 aliphatic carbocycles. The number of aromatic nitrogens is 2. The van der Waals surface area contributed by atoms with Crippen LogP contribution in [0.4, 0.5) is 18.9 Å². The second-order valence-corrected chi connectivity index (χ2v) is 6.91. The van der Waals surface area contributed by atoms with E-state index in [4.69, 9.17) is 0 Å². The van der Waals surface area contributed by atoms with Gasteiger partial charge in [0.2, 0.25) is 0 Å². The van der Waals surface area contributed by atoms with Gasteiger partial charge in [-0.1, -0.05) is 18.2 Å². The van der Waals surface area contributed by atoms with E-state index >= 15 is 0 Å². The van der Waals surface area contributed by atoms with E-state index in [1.54, 1.807) is 0 Å². The molecule has 0 bridgehead atoms. The lowest BCUT2D eigenvalue weighted by Crippen LogP contribution is -2.51. The number of hydrogen-bond donors (Lipinski definition) is 1. The van der Waals surface area contributed by atoms with Crippen molar-refractivity contribution >= 4 is 22.5 Å². The number of carbonyl (C=O) groups excluding carboxylic acids is 1. The number of fused-ring (bicyclic) bond motifs is 2. The number of alkyl halides is 2. The molecular weight excluding hydrogens is 403 g/mol. The average molecular weight is 419 g/mol. The van der Waals surface area contributed by atoms with E-state index in [1.807, 2.05) is 0 Å². The third-order valence-electron chi connectivity index (χ3n) is 4.94. The number of carbonyl (C=O) groups is 1. The van der Waals surface area contributed by atoms with E-state index in [0.29, 0.717) is 0 Å². The number of anilines is 1. The largest absolute Gasteiger partial charge is 0.483 e. The standard InChI is InChI=1S/C20H16F3N3O4/c1-10(27)11-5-3-8-14-17(11)30-20(22,23)19(29)26(14)9-15-24-13-7-4-6-12(21)16(13)18(28)25(15)2/h3-8,10,27H,9H2,1-2H3/t10-/m0/s1. The molecule has 0 spiro atoms. The third kappa shape index (κ3) is 3.00. The molecule has 10 heteroatoms. The summed E-state index contributed by atoms with van der Waals surface area (Å²) in [5.41, 5.74) is -0.595. The Balaban J connectivity index is 1.88. The fraction of sp³-hybridized carbons (Fsp3) is 0.250. The highest BCUT2D eigenvalue weighted by Gasteiger charge is 2.51. The lowest BCUT2D eigenvalue weighted by molar-refractivity contribution is -0.193. The van der Waals surface area contributed by atoms with Crippen molar-refractivity contribution in [1.82, 2.24) is 9.55 Å². The molecule has 4 rings (SSSR count). The van der Waals surface area contributed by atoms with E-state index in [1.165, 1.54) is 44.3 Å². The summed E-state index contributed by atoms with van der Waals surface area (Å²) in [7, 11) is 1.31. The van der Waals surface area contributed by atoms with Crippen LogP contribution in [-0.2, 0) is 18.4 Å². The monoisotopic (exact) mass is 419 g/mol. The van der Waals surface area contributed by atoms with Crippen LogP contribution in [0.15, 0.2) is 41.2 Å². The zero-order valence-corrected chi connectivity index (χ0v) is 15.9. The number of ether oxygens (including phenoxy) is 1. The van der Waals surface area contributed by atoms with Gasteiger partial charge in [0.15, 0.2) is 5.75 Å². The van der Waals surface area contributed by atoms with Gasteiger partial charge < -0.3 is 9.84 Å². The fourth-order valence-electron chi connectivity index (χ4n) is 3.39. The van der Waals surface area contributed by atoms with Crippen LogP contribution >= 0.6 is 0 Å². The predicted octanol–water partition coefficient (Wildman–Crippen LogP) is 2.64. The number of para-hydroxylation sites is 1. The van der Waals surface area contributed by atoms with Gasteiger partial charge in [0.25, 0.3) is 5.56 Å². The minimum absolute atomic E-state index is 0.00193. The molecule has 0 saturated heterocycles. The molecule has 0 unspecified atom stereocenters. The number of hydrogen-bond acceptors (Lipinski definition) is 5. The highest BCUT2D eigenvalue weighted by molar-refractivity contribution is 6.01. The first-order valence-corrected chi connectivity index (χ1v) is 8.95. The Morgan fingerprint density at radius 2 is 1.90 bits per heavy atom. The normalized spacial score (nSPS) is 16.3. The Bertz CT molecular complexity index is 1240. The predicted molar refractivity (Wildman–Crippen MR) is 101 cm³/mol. The summed E-state index contributed by atoms with van der Waals surface area (Å²) in [4.78, 5) is 29.9. The van der Waals surface area contributed by atoms with Crippen molar-refractivity contribution in [3.05, 3.63) is 64.0 Å². The Morgan fingerprint density at radius 1 is 1.20 bits per heavy atom. The van der Waals surface area contributed by atoms with Gasteiger partial charge in [-0.25, -0.2) is 9.37 Å². The van der Waals surface area contributed by atoms with Crippen LogP contribution in [0.5, 0.6) is 5.75 Å². The minimum atomic E-state index is -4.18. The first-order chi connectivity index (χ1) is 14.1. The van der Waals surface area contributed by atoms with Gasteiger partial charge in [-0.15, -0.1) is 0 Å². The van der Waals surface area contributed by atoms with Crippen LogP contribution in [-0.4, -0.2) is 26.7 Å². The minimum Gasteiger partial charge on any atom is -0.423 e. The topological polar surface area (TPSA) is 84.7 Å². The second kappa shape index (κ2) is 6.84. The number of nitrogens with zero attached hydrogens (tertiary/aromatic N) is 3. The van der Waals surface area contributed by atoms with Crippen molar-refractivity contribution in [1.29, 1.82) is 0 Å². The molecule has 30 heavy (non-hydrogen) atoms. The van der Waals surface area contributed by atoms with Gasteiger partial charge in [-0.3, -0.25) is 19.1 Å². The maximum Gasteiger partial charge on any atom is 0.483 e. The van der Waals surface area contributed by atoms with Gasteiger partial charge in [-0.2, -0.15) is 8.78 Å². The number of rotatable bonds is 3. The second-order valence-electron chi connectivity index (χ2n) is 6.91. The number of amides is 1. The van der Waals surface area contributed by atoms with Gasteiger partial charge in [-0.05, 0) is 25.1 Å². The molecule has 2 aromatic carbocycles. The molecule has 1 aliphatic heterocycles. The van der Waals surface area contributed by atoms with Crippen molar-refractivity contribution in [2.75, 3.05) is 4.90 Å². The Kier molecular flexibility index (Phi) is 4.53. The summed E-state index contributed by atoms with van der Waals surface area (Å²) in [6.07, 6.45) is -5.31. The molecule has 1 aromatic heterocycles. The van der Waals surface area contributed by atoms with Gasteiger partial charge in [0.1, 0.15) is 17.0 Å². The van der Waals surface area contributed by atoms with E-state index < -0.39 is 36.0 Å². The summed E-state index contributed by atoms with van der Waals surface area (Å²) in [6.45, 7) is 0.882. The lowest BCUT2D eigenvalue weighted by atomic mass is 10.1. The first-order valence-electron chi connectivity index (χ1n) is 8.95. The van der Waals surface area contributed by atoms with Crippen LogP contribution in [0.25, 0.3) is 10.9 Å². The molecular formula is C20H16F3N3O4. The molecule has 1 aliphatic rings. The summed E-state index contributed by atoms with van der Waals surface area (Å²) < 4.78 is 48.3. The van der Waals surface area contributed by atoms with Crippen LogP contribution < -0.4 is 15.2 Å². The van der Waals surface area contributed by atoms with Gasteiger partial charge in [0.05, 0.1) is 23.9 Å². The summed E-state index contributed by atoms with van der Waals surface area (Å²) in [5, 5.41) is 9.66. The smallest absolute Gasteiger partial charge is 0.423 e. The summed E-state index contributed by atoms with van der Waals surface area (Å²) in [5.74, 6) is -2.77. The van der Waals surface area contributed by atoms with Crippen molar-refractivity contribution in [2.45, 2.75) is 25.7 Å². The molecule has 0 fully saturated rings. The Hall–Kier alpha value is -3.40. The van der Waals surface area contributed by atoms with Gasteiger partial charge in [0, 0.05) is 12.6 Å². The maximum absolute atomic E-state index is 14.3.